The molecular weight excluding hydrogens is 471 g/mol. The summed E-state index contributed by atoms with van der Waals surface area (Å²) in [6.45, 7) is -0.0415. The first-order valence-electron chi connectivity index (χ1n) is 10.6. The third-order valence-electron chi connectivity index (χ3n) is 6.07. The van der Waals surface area contributed by atoms with Gasteiger partial charge in [-0.2, -0.15) is 0 Å². The largest absolute Gasteiger partial charge is 0.477 e. The van der Waals surface area contributed by atoms with Crippen LogP contribution in [0.1, 0.15) is 16.1 Å². The monoisotopic (exact) mass is 486 g/mol. The first-order chi connectivity index (χ1) is 17.3. The first-order valence-corrected chi connectivity index (χ1v) is 10.6. The molecule has 6 rings (SSSR count). The van der Waals surface area contributed by atoms with Crippen LogP contribution in [-0.2, 0) is 6.54 Å². The van der Waals surface area contributed by atoms with E-state index in [4.69, 9.17) is 9.83 Å². The number of pyridine rings is 1. The molecule has 6 aromatic rings. The molecule has 4 aromatic heterocycles. The maximum atomic E-state index is 15.0. The zero-order valence-electron chi connectivity index (χ0n) is 18.2. The third kappa shape index (κ3) is 3.01. The highest BCUT2D eigenvalue weighted by atomic mass is 19.1. The summed E-state index contributed by atoms with van der Waals surface area (Å²) in [4.78, 5) is 27.9. The van der Waals surface area contributed by atoms with E-state index in [9.17, 15) is 19.9 Å². The van der Waals surface area contributed by atoms with E-state index in [1.54, 1.807) is 18.2 Å². The molecule has 0 aliphatic heterocycles. The van der Waals surface area contributed by atoms with Crippen LogP contribution >= 0.6 is 0 Å². The molecule has 12 heteroatoms. The number of aromatic amines is 1. The van der Waals surface area contributed by atoms with Crippen LogP contribution in [0.15, 0.2) is 64.1 Å². The number of nitrogens with zero attached hydrogens (tertiary/aromatic N) is 4. The molecule has 0 radical (unpaired) electrons. The fourth-order valence-corrected chi connectivity index (χ4v) is 4.54. The van der Waals surface area contributed by atoms with Crippen molar-refractivity contribution in [3.05, 3.63) is 88.0 Å². The van der Waals surface area contributed by atoms with Gasteiger partial charge in [0.15, 0.2) is 0 Å². The van der Waals surface area contributed by atoms with Crippen molar-refractivity contribution in [2.24, 2.45) is 0 Å². The Labute approximate surface area is 198 Å². The zero-order valence-corrected chi connectivity index (χ0v) is 18.2. The van der Waals surface area contributed by atoms with Crippen LogP contribution in [-0.4, -0.2) is 40.8 Å². The van der Waals surface area contributed by atoms with Crippen molar-refractivity contribution in [1.82, 2.24) is 24.5 Å². The molecule has 4 heterocycles. The number of carboxylic acid groups (broad SMARTS) is 1. The number of halogens is 1. The van der Waals surface area contributed by atoms with E-state index in [0.29, 0.717) is 10.3 Å². The number of rotatable bonds is 4. The van der Waals surface area contributed by atoms with Crippen molar-refractivity contribution in [3.8, 4) is 11.1 Å². The van der Waals surface area contributed by atoms with Gasteiger partial charge in [-0.1, -0.05) is 6.07 Å². The Morgan fingerprint density at radius 2 is 2.00 bits per heavy atom. The van der Waals surface area contributed by atoms with Gasteiger partial charge in [-0.3, -0.25) is 10.2 Å². The fraction of sp³-hybridized carbons (Fsp3) is 0.0417. The smallest absolute Gasteiger partial charge is 0.353 e. The molecule has 2 aromatic carbocycles. The maximum Gasteiger partial charge on any atom is 0.353 e. The number of hydrogen-bond acceptors (Lipinski definition) is 7. The normalized spacial score (nSPS) is 11.6. The Bertz CT molecular complexity index is 1980. The summed E-state index contributed by atoms with van der Waals surface area (Å²) < 4.78 is 22.6. The van der Waals surface area contributed by atoms with Gasteiger partial charge in [-0.15, -0.1) is 14.9 Å². The number of benzene rings is 2. The van der Waals surface area contributed by atoms with Crippen LogP contribution < -0.4 is 11.2 Å². The molecular formula is C24H15FN6O5. The first kappa shape index (κ1) is 21.3. The second-order valence-electron chi connectivity index (χ2n) is 8.10. The van der Waals surface area contributed by atoms with Crippen molar-refractivity contribution in [2.45, 2.75) is 6.54 Å². The molecule has 0 aliphatic rings. The molecule has 11 nitrogen and oxygen atoms in total. The quantitative estimate of drug-likeness (QED) is 0.278. The minimum absolute atomic E-state index is 0.0415. The number of furan rings is 1. The number of aromatic nitrogens is 5. The van der Waals surface area contributed by atoms with Gasteiger partial charge in [-0.05, 0) is 42.0 Å². The van der Waals surface area contributed by atoms with E-state index in [-0.39, 0.29) is 56.3 Å². The van der Waals surface area contributed by atoms with Gasteiger partial charge < -0.3 is 24.3 Å². The minimum Gasteiger partial charge on any atom is -0.477 e. The molecule has 178 valence electrons. The molecule has 4 N–H and O–H groups in total. The molecule has 0 fully saturated rings. The van der Waals surface area contributed by atoms with Gasteiger partial charge >= 0.3 is 5.97 Å². The molecule has 0 amide bonds. The van der Waals surface area contributed by atoms with Gasteiger partial charge in [0, 0.05) is 18.3 Å². The molecule has 0 atom stereocenters. The topological polar surface area (TPSA) is 163 Å². The van der Waals surface area contributed by atoms with Crippen molar-refractivity contribution in [2.75, 3.05) is 0 Å². The van der Waals surface area contributed by atoms with Crippen LogP contribution in [0.25, 0.3) is 44.0 Å². The molecule has 0 unspecified atom stereocenters. The predicted octanol–water partition coefficient (Wildman–Crippen LogP) is 3.09. The Morgan fingerprint density at radius 1 is 1.17 bits per heavy atom. The molecule has 0 spiro atoms. The van der Waals surface area contributed by atoms with Crippen LogP contribution in [0.2, 0.25) is 0 Å². The zero-order chi connectivity index (χ0) is 25.1. The number of fused-ring (bicyclic) bond motifs is 4. The Kier molecular flexibility index (Phi) is 4.51. The minimum atomic E-state index is -1.32. The number of hydrogen-bond donors (Lipinski definition) is 4. The van der Waals surface area contributed by atoms with E-state index >= 15 is 4.39 Å². The summed E-state index contributed by atoms with van der Waals surface area (Å²) in [6.07, 6.45) is 2.73. The fourth-order valence-electron chi connectivity index (χ4n) is 4.54. The molecule has 0 aliphatic carbocycles. The van der Waals surface area contributed by atoms with Crippen molar-refractivity contribution in [1.29, 1.82) is 5.41 Å². The van der Waals surface area contributed by atoms with Crippen LogP contribution in [0.4, 0.5) is 4.39 Å². The van der Waals surface area contributed by atoms with Crippen molar-refractivity contribution < 1.29 is 23.9 Å². The highest BCUT2D eigenvalue weighted by molar-refractivity contribution is 6.17. The van der Waals surface area contributed by atoms with E-state index in [2.05, 4.69) is 15.2 Å². The number of nitrogens with one attached hydrogen (secondary N) is 2. The lowest BCUT2D eigenvalue weighted by Gasteiger charge is -2.11. The number of H-pyrrole nitrogens is 1. The Balaban J connectivity index is 1.69. The lowest BCUT2D eigenvalue weighted by Crippen LogP contribution is -2.22. The summed E-state index contributed by atoms with van der Waals surface area (Å²) in [6, 6.07) is 10.4. The predicted molar refractivity (Wildman–Crippen MR) is 124 cm³/mol. The van der Waals surface area contributed by atoms with Crippen molar-refractivity contribution >= 4 is 38.9 Å². The average molecular weight is 486 g/mol. The summed E-state index contributed by atoms with van der Waals surface area (Å²) >= 11 is 0. The highest BCUT2D eigenvalue weighted by Gasteiger charge is 2.28. The lowest BCUT2D eigenvalue weighted by molar-refractivity contribution is 0.0687. The third-order valence-corrected chi connectivity index (χ3v) is 6.07. The average Bonchev–Trinajstić information content (AvgIpc) is 3.46. The van der Waals surface area contributed by atoms with Gasteiger partial charge in [0.05, 0.1) is 28.1 Å². The van der Waals surface area contributed by atoms with E-state index in [1.807, 2.05) is 0 Å². The highest BCUT2D eigenvalue weighted by Crippen LogP contribution is 2.40. The summed E-state index contributed by atoms with van der Waals surface area (Å²) in [7, 11) is 0. The van der Waals surface area contributed by atoms with Crippen LogP contribution in [0.5, 0.6) is 0 Å². The van der Waals surface area contributed by atoms with Gasteiger partial charge in [0.2, 0.25) is 0 Å². The van der Waals surface area contributed by atoms with Crippen LogP contribution in [0.3, 0.4) is 0 Å². The molecule has 0 bridgehead atoms. The van der Waals surface area contributed by atoms with Gasteiger partial charge in [0.1, 0.15) is 28.1 Å². The van der Waals surface area contributed by atoms with Gasteiger partial charge in [0.25, 0.3) is 11.2 Å². The molecule has 0 saturated carbocycles. The molecule has 0 saturated heterocycles. The van der Waals surface area contributed by atoms with E-state index < -0.39 is 23.0 Å². The second-order valence-corrected chi connectivity index (χ2v) is 8.10. The molecule has 36 heavy (non-hydrogen) atoms. The second kappa shape index (κ2) is 7.63. The van der Waals surface area contributed by atoms with E-state index in [1.165, 1.54) is 41.3 Å². The van der Waals surface area contributed by atoms with Crippen molar-refractivity contribution in [3.63, 3.8) is 0 Å². The lowest BCUT2D eigenvalue weighted by atomic mass is 10.0. The van der Waals surface area contributed by atoms with E-state index in [0.717, 1.165) is 0 Å². The number of carboxylic acids is 1. The Morgan fingerprint density at radius 3 is 2.78 bits per heavy atom. The van der Waals surface area contributed by atoms with Crippen LogP contribution in [0, 0.1) is 11.2 Å². The summed E-state index contributed by atoms with van der Waals surface area (Å²) in [5.74, 6) is -1.93. The summed E-state index contributed by atoms with van der Waals surface area (Å²) in [5, 5.41) is 35.8. The standard InChI is InChI=1S/C24H15FN6O5/c25-14-9-17-19(21-12(14)5-7-36-21)18(13-2-1-6-27-22(13)32)20(23(33)34)30(17)10-11-3-4-16-15(8-11)28-29-24(26)31(16)35/h1-9,26,35H,10H2,(H,27,32)(H,33,34). The van der Waals surface area contributed by atoms with Gasteiger partial charge in [-0.25, -0.2) is 9.18 Å². The maximum absolute atomic E-state index is 15.0. The SMILES string of the molecule is N=c1nnc2cc(Cn3c(C(=O)O)c(-c4ccc[nH]c4=O)c4c5occc5c(F)cc43)ccc2n1O. The Hall–Kier alpha value is -5.26. The number of aromatic carboxylic acids is 1. The summed E-state index contributed by atoms with van der Waals surface area (Å²) in [5.41, 5.74) is 0.404. The number of carbonyl (C=O) groups is 1.